The molecule has 1 aromatic rings. The lowest BCUT2D eigenvalue weighted by Crippen LogP contribution is -2.55. The SMILES string of the molecule is CC(=O)NC(CCCN=C(N)N)C(=O)NC1CCCNC(=O)CCC(C(N)=O)NC(=O)CNC(=O)CNC(=O)C(Cc2cccc(Cl)c2)NC(=O)CNC1=O. The van der Waals surface area contributed by atoms with Gasteiger partial charge in [0.15, 0.2) is 5.96 Å². The summed E-state index contributed by atoms with van der Waals surface area (Å²) in [4.78, 5) is 118. The van der Waals surface area contributed by atoms with Crippen LogP contribution >= 0.6 is 11.6 Å². The van der Waals surface area contributed by atoms with E-state index in [1.54, 1.807) is 24.3 Å². The Morgan fingerprint density at radius 3 is 2.22 bits per heavy atom. The first kappa shape index (κ1) is 45.2. The molecule has 4 unspecified atom stereocenters. The van der Waals surface area contributed by atoms with E-state index in [0.717, 1.165) is 0 Å². The highest BCUT2D eigenvalue weighted by Gasteiger charge is 2.28. The molecule has 55 heavy (non-hydrogen) atoms. The molecule has 1 aliphatic heterocycles. The Morgan fingerprint density at radius 1 is 0.873 bits per heavy atom. The molecule has 0 spiro atoms. The number of amides is 9. The Bertz CT molecular complexity index is 1600. The number of rotatable bonds is 10. The summed E-state index contributed by atoms with van der Waals surface area (Å²) in [5.74, 6) is -6.74. The number of benzene rings is 1. The molecule has 2 rings (SSSR count). The first-order valence-corrected chi connectivity index (χ1v) is 17.8. The molecule has 1 aromatic carbocycles. The van der Waals surface area contributed by atoms with Crippen LogP contribution < -0.4 is 59.7 Å². The maximum absolute atomic E-state index is 13.4. The smallest absolute Gasteiger partial charge is 0.243 e. The molecule has 14 N–H and O–H groups in total. The number of carbonyl (C=O) groups excluding carboxylic acids is 9. The highest BCUT2D eigenvalue weighted by molar-refractivity contribution is 6.30. The van der Waals surface area contributed by atoms with Crippen molar-refractivity contribution in [2.24, 2.45) is 22.2 Å². The van der Waals surface area contributed by atoms with Crippen molar-refractivity contribution in [2.45, 2.75) is 76.0 Å². The van der Waals surface area contributed by atoms with Crippen LogP contribution in [0.4, 0.5) is 0 Å². The number of carbonyl (C=O) groups is 9. The molecule has 22 heteroatoms. The Kier molecular flexibility index (Phi) is 19.4. The van der Waals surface area contributed by atoms with Crippen molar-refractivity contribution in [3.63, 3.8) is 0 Å². The summed E-state index contributed by atoms with van der Waals surface area (Å²) in [6.45, 7) is -0.407. The average molecular weight is 793 g/mol. The molecular weight excluding hydrogens is 744 g/mol. The summed E-state index contributed by atoms with van der Waals surface area (Å²) >= 11 is 6.10. The first-order valence-electron chi connectivity index (χ1n) is 17.4. The lowest BCUT2D eigenvalue weighted by Gasteiger charge is -2.23. The van der Waals surface area contributed by atoms with Gasteiger partial charge in [-0.2, -0.15) is 0 Å². The number of aliphatic imine (C=N–C) groups is 1. The first-order chi connectivity index (χ1) is 26.0. The highest BCUT2D eigenvalue weighted by Crippen LogP contribution is 2.13. The Morgan fingerprint density at radius 2 is 1.55 bits per heavy atom. The molecular formula is C33H49ClN12O9. The van der Waals surface area contributed by atoms with Gasteiger partial charge in [0, 0.05) is 37.9 Å². The fourth-order valence-electron chi connectivity index (χ4n) is 5.16. The number of primary amides is 1. The second kappa shape index (κ2) is 23.6. The second-order valence-corrected chi connectivity index (χ2v) is 12.9. The quantitative estimate of drug-likeness (QED) is 0.0609. The number of halogens is 1. The minimum absolute atomic E-state index is 0.0204. The van der Waals surface area contributed by atoms with Crippen LogP contribution in [-0.2, 0) is 49.6 Å². The van der Waals surface area contributed by atoms with Crippen molar-refractivity contribution in [3.05, 3.63) is 34.9 Å². The van der Waals surface area contributed by atoms with Gasteiger partial charge in [0.25, 0.3) is 0 Å². The molecule has 21 nitrogen and oxygen atoms in total. The summed E-state index contributed by atoms with van der Waals surface area (Å²) in [6.07, 6.45) is 0.0536. The van der Waals surface area contributed by atoms with Crippen LogP contribution in [0.1, 0.15) is 51.0 Å². The van der Waals surface area contributed by atoms with E-state index < -0.39 is 97.0 Å². The maximum atomic E-state index is 13.4. The summed E-state index contributed by atoms with van der Waals surface area (Å²) < 4.78 is 0. The van der Waals surface area contributed by atoms with Crippen molar-refractivity contribution in [2.75, 3.05) is 32.7 Å². The van der Waals surface area contributed by atoms with Crippen molar-refractivity contribution in [1.29, 1.82) is 0 Å². The fourth-order valence-corrected chi connectivity index (χ4v) is 5.38. The third-order valence-corrected chi connectivity index (χ3v) is 8.11. The normalized spacial score (nSPS) is 20.4. The Balaban J connectivity index is 2.31. The zero-order valence-corrected chi connectivity index (χ0v) is 31.1. The highest BCUT2D eigenvalue weighted by atomic mass is 35.5. The van der Waals surface area contributed by atoms with E-state index in [0.29, 0.717) is 17.0 Å². The van der Waals surface area contributed by atoms with Crippen LogP contribution in [0.5, 0.6) is 0 Å². The van der Waals surface area contributed by atoms with Gasteiger partial charge >= 0.3 is 0 Å². The molecule has 1 fully saturated rings. The predicted molar refractivity (Wildman–Crippen MR) is 198 cm³/mol. The van der Waals surface area contributed by atoms with Crippen LogP contribution in [0.25, 0.3) is 0 Å². The fraction of sp³-hybridized carbons (Fsp3) is 0.515. The molecule has 4 atom stereocenters. The van der Waals surface area contributed by atoms with Gasteiger partial charge in [-0.15, -0.1) is 0 Å². The number of guanidine groups is 1. The largest absolute Gasteiger partial charge is 0.370 e. The van der Waals surface area contributed by atoms with Crippen LogP contribution in [0.15, 0.2) is 29.3 Å². The summed E-state index contributed by atoms with van der Waals surface area (Å²) in [5.41, 5.74) is 16.6. The molecule has 0 aromatic heterocycles. The van der Waals surface area contributed by atoms with E-state index in [-0.39, 0.29) is 57.6 Å². The van der Waals surface area contributed by atoms with Crippen LogP contribution in [0.3, 0.4) is 0 Å². The Labute approximate surface area is 321 Å². The van der Waals surface area contributed by atoms with Gasteiger partial charge < -0.3 is 59.7 Å². The summed E-state index contributed by atoms with van der Waals surface area (Å²) in [6, 6.07) is 1.64. The van der Waals surface area contributed by atoms with E-state index in [1.165, 1.54) is 6.92 Å². The number of nitrogens with zero attached hydrogens (tertiary/aromatic N) is 1. The molecule has 9 amide bonds. The lowest BCUT2D eigenvalue weighted by molar-refractivity contribution is -0.133. The van der Waals surface area contributed by atoms with Crippen molar-refractivity contribution in [3.8, 4) is 0 Å². The van der Waals surface area contributed by atoms with Gasteiger partial charge in [0.1, 0.15) is 24.2 Å². The number of hydrogen-bond acceptors (Lipinski definition) is 10. The minimum atomic E-state index is -1.26. The molecule has 1 saturated heterocycles. The number of hydrogen-bond donors (Lipinski definition) is 11. The van der Waals surface area contributed by atoms with E-state index in [1.807, 2.05) is 0 Å². The predicted octanol–water partition coefficient (Wildman–Crippen LogP) is -4.58. The summed E-state index contributed by atoms with van der Waals surface area (Å²) in [7, 11) is 0. The maximum Gasteiger partial charge on any atom is 0.243 e. The topological polar surface area (TPSA) is 340 Å². The second-order valence-electron chi connectivity index (χ2n) is 12.5. The van der Waals surface area contributed by atoms with E-state index in [4.69, 9.17) is 28.8 Å². The standard InChI is InChI=1S/C33H49ClN12O9/c1-18(47)43-23(8-4-12-39-33(36)37)32(55)46-22-7-3-11-38-25(48)10-9-21(29(35)52)44-27(50)16-40-26(49)15-41-31(54)24(45-28(51)17-42-30(22)53)14-19-5-2-6-20(34)13-19/h2,5-6,13,21-24H,3-4,7-12,14-17H2,1H3,(H2,35,52)(H,38,48)(H,40,49)(H,41,54)(H,42,53)(H,43,47)(H,44,50)(H,45,51)(H,46,55)(H4,36,37,39). The third-order valence-electron chi connectivity index (χ3n) is 7.88. The van der Waals surface area contributed by atoms with Crippen LogP contribution in [0.2, 0.25) is 5.02 Å². The van der Waals surface area contributed by atoms with E-state index >= 15 is 0 Å². The van der Waals surface area contributed by atoms with E-state index in [9.17, 15) is 43.2 Å². The molecule has 0 aliphatic carbocycles. The van der Waals surface area contributed by atoms with Gasteiger partial charge in [-0.1, -0.05) is 23.7 Å². The van der Waals surface area contributed by atoms with Gasteiger partial charge in [-0.05, 0) is 49.8 Å². The zero-order valence-electron chi connectivity index (χ0n) is 30.3. The van der Waals surface area contributed by atoms with Gasteiger partial charge in [0.2, 0.25) is 53.2 Å². The van der Waals surface area contributed by atoms with Gasteiger partial charge in [-0.25, -0.2) is 0 Å². The summed E-state index contributed by atoms with van der Waals surface area (Å²) in [5, 5.41) is 20.0. The molecule has 1 aliphatic rings. The Hall–Kier alpha value is -5.99. The monoisotopic (exact) mass is 792 g/mol. The van der Waals surface area contributed by atoms with Crippen molar-refractivity contribution >= 4 is 70.7 Å². The van der Waals surface area contributed by atoms with Crippen molar-refractivity contribution in [1.82, 2.24) is 42.5 Å². The van der Waals surface area contributed by atoms with Crippen LogP contribution in [0, 0.1) is 0 Å². The van der Waals surface area contributed by atoms with Crippen molar-refractivity contribution < 1.29 is 43.2 Å². The molecule has 302 valence electrons. The third kappa shape index (κ3) is 18.6. The number of nitrogens with two attached hydrogens (primary N) is 3. The molecule has 0 radical (unpaired) electrons. The van der Waals surface area contributed by atoms with Gasteiger partial charge in [-0.3, -0.25) is 48.1 Å². The lowest BCUT2D eigenvalue weighted by atomic mass is 10.0. The van der Waals surface area contributed by atoms with E-state index in [2.05, 4.69) is 47.5 Å². The van der Waals surface area contributed by atoms with Crippen LogP contribution in [-0.4, -0.2) is 116 Å². The zero-order chi connectivity index (χ0) is 40.9. The number of nitrogens with one attached hydrogen (secondary N) is 8. The van der Waals surface area contributed by atoms with Gasteiger partial charge in [0.05, 0.1) is 19.6 Å². The molecule has 0 bridgehead atoms. The average Bonchev–Trinajstić information content (AvgIpc) is 3.11. The minimum Gasteiger partial charge on any atom is -0.370 e. The molecule has 0 saturated carbocycles. The molecule has 1 heterocycles.